The summed E-state index contributed by atoms with van der Waals surface area (Å²) in [5.74, 6) is 2.19. The van der Waals surface area contributed by atoms with E-state index in [2.05, 4.69) is 51.1 Å². The number of likely N-dealkylation sites (tertiary alicyclic amines) is 2. The van der Waals surface area contributed by atoms with Crippen molar-refractivity contribution in [2.75, 3.05) is 64.9 Å². The highest BCUT2D eigenvalue weighted by atomic mass is 16.5. The molecule has 0 saturated carbocycles. The number of aliphatic imine (C=N–C) groups is 1. The van der Waals surface area contributed by atoms with Crippen LogP contribution in [0.4, 0.5) is 5.69 Å². The van der Waals surface area contributed by atoms with Crippen LogP contribution in [0.5, 0.6) is 5.75 Å². The second kappa shape index (κ2) is 12.9. The molecule has 3 aliphatic heterocycles. The Morgan fingerprint density at radius 2 is 2.11 bits per heavy atom. The average molecular weight is 508 g/mol. The number of rotatable bonds is 9. The summed E-state index contributed by atoms with van der Waals surface area (Å²) in [6, 6.07) is 7.01. The first-order valence-electron chi connectivity index (χ1n) is 13.4. The topological polar surface area (TPSA) is 69.6 Å². The molecule has 0 atom stereocenters. The standard InChI is InChI=1S/C29H41N5O3/c1-5-12-30-29-24(18-32(4)15-16-36-7-3)21-37-27-9-8-23(17-26(27)31-29)22-10-13-33(14-11-22)25-19-34(20-25)28(35)6-2/h5-6,8-9,12,17-18,22,25H,2,7,10-11,13-16,19-21H2,1,3-4H3,(H,30,31)/b12-5-,24-18+. The molecular formula is C29H41N5O3. The molecule has 8 heteroatoms. The lowest BCUT2D eigenvalue weighted by molar-refractivity contribution is -0.133. The van der Waals surface area contributed by atoms with Gasteiger partial charge in [0.2, 0.25) is 5.91 Å². The lowest BCUT2D eigenvalue weighted by Crippen LogP contribution is -2.61. The number of amidine groups is 1. The number of benzene rings is 1. The first-order valence-corrected chi connectivity index (χ1v) is 13.4. The Balaban J connectivity index is 1.41. The second-order valence-electron chi connectivity index (χ2n) is 9.87. The van der Waals surface area contributed by atoms with Crippen molar-refractivity contribution >= 4 is 17.4 Å². The molecule has 0 aromatic heterocycles. The van der Waals surface area contributed by atoms with Crippen LogP contribution >= 0.6 is 0 Å². The molecule has 0 bridgehead atoms. The molecule has 0 radical (unpaired) electrons. The van der Waals surface area contributed by atoms with Crippen molar-refractivity contribution in [3.63, 3.8) is 0 Å². The van der Waals surface area contributed by atoms with Gasteiger partial charge in [-0.1, -0.05) is 18.7 Å². The normalized spacial score (nSPS) is 21.3. The van der Waals surface area contributed by atoms with E-state index in [1.54, 1.807) is 0 Å². The Morgan fingerprint density at radius 1 is 1.32 bits per heavy atom. The fraction of sp³-hybridized carbons (Fsp3) is 0.517. The van der Waals surface area contributed by atoms with Gasteiger partial charge in [0.15, 0.2) is 0 Å². The van der Waals surface area contributed by atoms with Crippen LogP contribution in [-0.4, -0.2) is 92.1 Å². The zero-order valence-electron chi connectivity index (χ0n) is 22.5. The fourth-order valence-corrected chi connectivity index (χ4v) is 5.10. The van der Waals surface area contributed by atoms with E-state index in [0.29, 0.717) is 25.2 Å². The summed E-state index contributed by atoms with van der Waals surface area (Å²) in [5.41, 5.74) is 3.28. The summed E-state index contributed by atoms with van der Waals surface area (Å²) >= 11 is 0. The fourth-order valence-electron chi connectivity index (χ4n) is 5.10. The highest BCUT2D eigenvalue weighted by molar-refractivity contribution is 6.09. The number of anilines is 1. The van der Waals surface area contributed by atoms with Gasteiger partial charge in [0.05, 0.1) is 12.3 Å². The zero-order chi connectivity index (χ0) is 26.2. The van der Waals surface area contributed by atoms with Gasteiger partial charge in [-0.25, -0.2) is 4.99 Å². The molecule has 200 valence electrons. The van der Waals surface area contributed by atoms with E-state index in [1.165, 1.54) is 11.6 Å². The molecule has 4 rings (SSSR count). The van der Waals surface area contributed by atoms with E-state index in [0.717, 1.165) is 75.0 Å². The number of fused-ring (bicyclic) bond motifs is 1. The van der Waals surface area contributed by atoms with Gasteiger partial charge >= 0.3 is 0 Å². The van der Waals surface area contributed by atoms with Crippen LogP contribution in [0.25, 0.3) is 0 Å². The maximum Gasteiger partial charge on any atom is 0.246 e. The molecule has 2 fully saturated rings. The summed E-state index contributed by atoms with van der Waals surface area (Å²) in [6.45, 7) is 14.0. The van der Waals surface area contributed by atoms with Crippen molar-refractivity contribution in [1.29, 1.82) is 0 Å². The Labute approximate surface area is 221 Å². The minimum absolute atomic E-state index is 0.0401. The summed E-state index contributed by atoms with van der Waals surface area (Å²) in [6.07, 6.45) is 9.46. The Hall–Kier alpha value is -3.10. The average Bonchev–Trinajstić information content (AvgIpc) is 3.05. The first-order chi connectivity index (χ1) is 18.0. The number of carbonyl (C=O) groups is 1. The number of allylic oxidation sites excluding steroid dienone is 1. The molecule has 1 aromatic rings. The van der Waals surface area contributed by atoms with E-state index in [9.17, 15) is 4.79 Å². The van der Waals surface area contributed by atoms with Crippen LogP contribution < -0.4 is 10.1 Å². The van der Waals surface area contributed by atoms with Gasteiger partial charge in [0, 0.05) is 57.3 Å². The molecule has 37 heavy (non-hydrogen) atoms. The Bertz CT molecular complexity index is 1040. The third-order valence-electron chi connectivity index (χ3n) is 7.33. The number of carbonyl (C=O) groups excluding carboxylic acids is 1. The third-order valence-corrected chi connectivity index (χ3v) is 7.33. The van der Waals surface area contributed by atoms with Gasteiger partial charge in [0.1, 0.15) is 18.2 Å². The van der Waals surface area contributed by atoms with Crippen molar-refractivity contribution < 1.29 is 14.3 Å². The van der Waals surface area contributed by atoms with Crippen LogP contribution in [0.15, 0.2) is 59.9 Å². The van der Waals surface area contributed by atoms with Crippen LogP contribution in [0, 0.1) is 0 Å². The Kier molecular flexibility index (Phi) is 9.41. The monoisotopic (exact) mass is 507 g/mol. The lowest BCUT2D eigenvalue weighted by atomic mass is 9.88. The summed E-state index contributed by atoms with van der Waals surface area (Å²) in [4.78, 5) is 23.0. The summed E-state index contributed by atoms with van der Waals surface area (Å²) in [5, 5.41) is 3.55. The molecule has 0 spiro atoms. The highest BCUT2D eigenvalue weighted by Crippen LogP contribution is 2.36. The van der Waals surface area contributed by atoms with Crippen molar-refractivity contribution in [3.05, 3.63) is 60.5 Å². The molecule has 8 nitrogen and oxygen atoms in total. The quantitative estimate of drug-likeness (QED) is 0.405. The zero-order valence-corrected chi connectivity index (χ0v) is 22.5. The van der Waals surface area contributed by atoms with Crippen LogP contribution in [0.2, 0.25) is 0 Å². The third kappa shape index (κ3) is 6.81. The largest absolute Gasteiger partial charge is 0.487 e. The van der Waals surface area contributed by atoms with Crippen molar-refractivity contribution in [2.45, 2.75) is 38.6 Å². The number of nitrogens with zero attached hydrogens (tertiary/aromatic N) is 4. The van der Waals surface area contributed by atoms with Gasteiger partial charge in [0.25, 0.3) is 0 Å². The molecule has 1 N–H and O–H groups in total. The van der Waals surface area contributed by atoms with E-state index < -0.39 is 0 Å². The number of likely N-dealkylation sites (N-methyl/N-ethyl adjacent to an activating group) is 1. The predicted molar refractivity (Wildman–Crippen MR) is 149 cm³/mol. The number of piperidine rings is 1. The second-order valence-corrected chi connectivity index (χ2v) is 9.87. The van der Waals surface area contributed by atoms with Gasteiger partial charge in [-0.3, -0.25) is 9.69 Å². The molecule has 1 aromatic carbocycles. The number of nitrogens with one attached hydrogen (secondary N) is 1. The van der Waals surface area contributed by atoms with Crippen LogP contribution in [-0.2, 0) is 9.53 Å². The van der Waals surface area contributed by atoms with E-state index in [4.69, 9.17) is 9.47 Å². The van der Waals surface area contributed by atoms with Crippen molar-refractivity contribution in [3.8, 4) is 5.75 Å². The summed E-state index contributed by atoms with van der Waals surface area (Å²) in [7, 11) is 2.04. The van der Waals surface area contributed by atoms with Crippen molar-refractivity contribution in [2.24, 2.45) is 4.99 Å². The van der Waals surface area contributed by atoms with E-state index >= 15 is 0 Å². The molecule has 3 heterocycles. The molecule has 0 unspecified atom stereocenters. The van der Waals surface area contributed by atoms with Gasteiger partial charge in [-0.15, -0.1) is 0 Å². The first kappa shape index (κ1) is 26.9. The van der Waals surface area contributed by atoms with Crippen molar-refractivity contribution in [1.82, 2.24) is 14.7 Å². The highest BCUT2D eigenvalue weighted by Gasteiger charge is 2.35. The SMILES string of the molecule is C=CC(=O)N1CC(N2CCC(c3ccc4c(c3)NC(=N\C=C/C)/C(=C/N(C)CCOCC)CO4)CC2)C1. The molecule has 3 aliphatic rings. The number of hydrogen-bond donors (Lipinski definition) is 1. The lowest BCUT2D eigenvalue weighted by Gasteiger charge is -2.47. The summed E-state index contributed by atoms with van der Waals surface area (Å²) < 4.78 is 11.7. The molecule has 2 saturated heterocycles. The maximum atomic E-state index is 11.8. The van der Waals surface area contributed by atoms with E-state index in [-0.39, 0.29) is 5.91 Å². The Morgan fingerprint density at radius 3 is 2.81 bits per heavy atom. The number of ether oxygens (including phenoxy) is 2. The van der Waals surface area contributed by atoms with E-state index in [1.807, 2.05) is 38.1 Å². The van der Waals surface area contributed by atoms with Crippen LogP contribution in [0.3, 0.4) is 0 Å². The minimum atomic E-state index is 0.0401. The maximum absolute atomic E-state index is 11.8. The molecule has 0 aliphatic carbocycles. The van der Waals surface area contributed by atoms with Gasteiger partial charge in [-0.2, -0.15) is 0 Å². The van der Waals surface area contributed by atoms with Gasteiger partial charge in [-0.05, 0) is 69.5 Å². The molecular weight excluding hydrogens is 466 g/mol. The van der Waals surface area contributed by atoms with Gasteiger partial charge < -0.3 is 24.6 Å². The smallest absolute Gasteiger partial charge is 0.246 e. The predicted octanol–water partition coefficient (Wildman–Crippen LogP) is 3.85. The molecule has 1 amide bonds. The minimum Gasteiger partial charge on any atom is -0.487 e. The number of hydrogen-bond acceptors (Lipinski definition) is 6. The van der Waals surface area contributed by atoms with Crippen LogP contribution in [0.1, 0.15) is 38.2 Å². The number of amides is 1.